The summed E-state index contributed by atoms with van der Waals surface area (Å²) in [5.41, 5.74) is 7.14. The van der Waals surface area contributed by atoms with Gasteiger partial charge in [-0.2, -0.15) is 5.10 Å². The Morgan fingerprint density at radius 1 is 1.19 bits per heavy atom. The van der Waals surface area contributed by atoms with E-state index in [-0.39, 0.29) is 5.41 Å². The number of rotatable bonds is 7. The Kier molecular flexibility index (Phi) is 4.89. The van der Waals surface area contributed by atoms with Crippen molar-refractivity contribution in [2.45, 2.75) is 45.6 Å². The average molecular weight is 287 g/mol. The van der Waals surface area contributed by atoms with Gasteiger partial charge in [-0.15, -0.1) is 0 Å². The van der Waals surface area contributed by atoms with Crippen molar-refractivity contribution in [2.24, 2.45) is 0 Å². The molecule has 0 spiro atoms. The molecule has 4 nitrogen and oxygen atoms in total. The molecule has 0 aliphatic carbocycles. The highest BCUT2D eigenvalue weighted by atomic mass is 16.5. The maximum Gasteiger partial charge on any atom is 0.145 e. The van der Waals surface area contributed by atoms with Gasteiger partial charge in [-0.25, -0.2) is 0 Å². The number of ether oxygens (including phenoxy) is 1. The Labute approximate surface area is 126 Å². The van der Waals surface area contributed by atoms with E-state index >= 15 is 0 Å². The minimum atomic E-state index is 0.221. The molecule has 0 aliphatic heterocycles. The highest BCUT2D eigenvalue weighted by molar-refractivity contribution is 5.31. The minimum absolute atomic E-state index is 0.221. The highest BCUT2D eigenvalue weighted by Gasteiger charge is 2.17. The van der Waals surface area contributed by atoms with Gasteiger partial charge in [-0.1, -0.05) is 32.9 Å². The topological polar surface area (TPSA) is 53.1 Å². The summed E-state index contributed by atoms with van der Waals surface area (Å²) in [6, 6.07) is 10.2. The van der Waals surface area contributed by atoms with Crippen LogP contribution in [0.1, 0.15) is 39.2 Å². The summed E-state index contributed by atoms with van der Waals surface area (Å²) < 4.78 is 7.60. The number of benzene rings is 1. The van der Waals surface area contributed by atoms with Gasteiger partial charge in [0.2, 0.25) is 0 Å². The molecule has 0 saturated heterocycles. The monoisotopic (exact) mass is 287 g/mol. The smallest absolute Gasteiger partial charge is 0.145 e. The van der Waals surface area contributed by atoms with Gasteiger partial charge >= 0.3 is 0 Å². The van der Waals surface area contributed by atoms with Gasteiger partial charge in [-0.3, -0.25) is 4.68 Å². The third kappa shape index (κ3) is 4.25. The van der Waals surface area contributed by atoms with Crippen LogP contribution in [-0.2, 0) is 12.0 Å². The predicted molar refractivity (Wildman–Crippen MR) is 86.5 cm³/mol. The van der Waals surface area contributed by atoms with E-state index in [0.29, 0.717) is 12.4 Å². The van der Waals surface area contributed by atoms with E-state index < -0.39 is 0 Å². The van der Waals surface area contributed by atoms with Gasteiger partial charge in [0.05, 0.1) is 6.61 Å². The number of aromatic nitrogens is 2. The summed E-state index contributed by atoms with van der Waals surface area (Å²) in [6.45, 7) is 8.23. The zero-order valence-corrected chi connectivity index (χ0v) is 13.2. The number of nitrogen functional groups attached to an aromatic ring is 1. The molecule has 2 aromatic rings. The first-order valence-corrected chi connectivity index (χ1v) is 7.53. The first kappa shape index (κ1) is 15.4. The lowest BCUT2D eigenvalue weighted by Gasteiger charge is -2.23. The molecule has 0 radical (unpaired) electrons. The van der Waals surface area contributed by atoms with E-state index in [2.05, 4.69) is 50.1 Å². The molecule has 2 N–H and O–H groups in total. The summed E-state index contributed by atoms with van der Waals surface area (Å²) in [4.78, 5) is 0. The second kappa shape index (κ2) is 6.66. The van der Waals surface area contributed by atoms with Crippen molar-refractivity contribution in [1.29, 1.82) is 0 Å². The zero-order valence-electron chi connectivity index (χ0n) is 13.2. The lowest BCUT2D eigenvalue weighted by molar-refractivity contribution is 0.298. The van der Waals surface area contributed by atoms with Crippen molar-refractivity contribution in [3.8, 4) is 5.75 Å². The molecule has 114 valence electrons. The van der Waals surface area contributed by atoms with Crippen LogP contribution >= 0.6 is 0 Å². The fraction of sp³-hybridized carbons (Fsp3) is 0.471. The molecule has 0 saturated carbocycles. The van der Waals surface area contributed by atoms with Gasteiger partial charge < -0.3 is 10.5 Å². The molecule has 21 heavy (non-hydrogen) atoms. The van der Waals surface area contributed by atoms with Gasteiger partial charge in [0.1, 0.15) is 11.6 Å². The van der Waals surface area contributed by atoms with Gasteiger partial charge in [0.15, 0.2) is 0 Å². The summed E-state index contributed by atoms with van der Waals surface area (Å²) in [5.74, 6) is 1.48. The number of aryl methyl sites for hydroxylation is 1. The maximum atomic E-state index is 5.76. The van der Waals surface area contributed by atoms with Crippen LogP contribution in [0.3, 0.4) is 0 Å². The summed E-state index contributed by atoms with van der Waals surface area (Å²) >= 11 is 0. The van der Waals surface area contributed by atoms with Gasteiger partial charge in [-0.05, 0) is 35.6 Å². The first-order valence-electron chi connectivity index (χ1n) is 7.53. The predicted octanol–water partition coefficient (Wildman–Crippen LogP) is 3.62. The molecular weight excluding hydrogens is 262 g/mol. The molecule has 1 aromatic heterocycles. The molecular formula is C17H25N3O. The normalized spacial score (nSPS) is 11.6. The Bertz CT molecular complexity index is 558. The fourth-order valence-corrected chi connectivity index (χ4v) is 2.12. The van der Waals surface area contributed by atoms with E-state index in [9.17, 15) is 0 Å². The lowest BCUT2D eigenvalue weighted by Crippen LogP contribution is -2.15. The van der Waals surface area contributed by atoms with Crippen molar-refractivity contribution in [3.63, 3.8) is 0 Å². The zero-order chi connectivity index (χ0) is 15.3. The van der Waals surface area contributed by atoms with Crippen molar-refractivity contribution in [3.05, 3.63) is 42.1 Å². The summed E-state index contributed by atoms with van der Waals surface area (Å²) in [7, 11) is 0. The summed E-state index contributed by atoms with van der Waals surface area (Å²) in [6.07, 6.45) is 3.92. The number of nitrogens with two attached hydrogens (primary N) is 1. The van der Waals surface area contributed by atoms with Crippen molar-refractivity contribution >= 4 is 5.82 Å². The quantitative estimate of drug-likeness (QED) is 0.791. The van der Waals surface area contributed by atoms with Crippen molar-refractivity contribution in [1.82, 2.24) is 9.78 Å². The molecule has 0 unspecified atom stereocenters. The van der Waals surface area contributed by atoms with E-state index in [0.717, 1.165) is 25.1 Å². The second-order valence-corrected chi connectivity index (χ2v) is 5.97. The average Bonchev–Trinajstić information content (AvgIpc) is 2.90. The van der Waals surface area contributed by atoms with Crippen molar-refractivity contribution < 1.29 is 4.74 Å². The molecule has 2 rings (SSSR count). The molecule has 4 heteroatoms. The molecule has 0 atom stereocenters. The SMILES string of the molecule is CCC(C)(C)c1ccc(OCCCn2ccc(N)n2)cc1. The first-order chi connectivity index (χ1) is 10.0. The largest absolute Gasteiger partial charge is 0.494 e. The maximum absolute atomic E-state index is 5.76. The van der Waals surface area contributed by atoms with Crippen LogP contribution in [0.4, 0.5) is 5.82 Å². The second-order valence-electron chi connectivity index (χ2n) is 5.97. The third-order valence-electron chi connectivity index (χ3n) is 3.98. The number of hydrogen-bond acceptors (Lipinski definition) is 3. The van der Waals surface area contributed by atoms with Crippen LogP contribution in [0, 0.1) is 0 Å². The standard InChI is InChI=1S/C17H25N3O/c1-4-17(2,3)14-6-8-15(9-7-14)21-13-5-11-20-12-10-16(18)19-20/h6-10,12H,4-5,11,13H2,1-3H3,(H2,18,19). The van der Waals surface area contributed by atoms with E-state index in [1.807, 2.05) is 10.9 Å². The molecule has 0 bridgehead atoms. The molecule has 1 heterocycles. The van der Waals surface area contributed by atoms with Crippen LogP contribution in [0.5, 0.6) is 5.75 Å². The molecule has 0 aliphatic rings. The van der Waals surface area contributed by atoms with Crippen LogP contribution in [0.25, 0.3) is 0 Å². The Morgan fingerprint density at radius 2 is 1.90 bits per heavy atom. The minimum Gasteiger partial charge on any atom is -0.494 e. The Balaban J connectivity index is 1.78. The van der Waals surface area contributed by atoms with E-state index in [1.54, 1.807) is 6.07 Å². The number of anilines is 1. The van der Waals surface area contributed by atoms with E-state index in [1.165, 1.54) is 5.56 Å². The fourth-order valence-electron chi connectivity index (χ4n) is 2.12. The van der Waals surface area contributed by atoms with Crippen molar-refractivity contribution in [2.75, 3.05) is 12.3 Å². The van der Waals surface area contributed by atoms with E-state index in [4.69, 9.17) is 10.5 Å². The molecule has 0 fully saturated rings. The highest BCUT2D eigenvalue weighted by Crippen LogP contribution is 2.28. The Hall–Kier alpha value is -1.97. The molecule has 1 aromatic carbocycles. The Morgan fingerprint density at radius 3 is 2.48 bits per heavy atom. The summed E-state index contributed by atoms with van der Waals surface area (Å²) in [5, 5.41) is 4.14. The molecule has 0 amide bonds. The third-order valence-corrected chi connectivity index (χ3v) is 3.98. The van der Waals surface area contributed by atoms with Gasteiger partial charge in [0.25, 0.3) is 0 Å². The van der Waals surface area contributed by atoms with Crippen LogP contribution < -0.4 is 10.5 Å². The van der Waals surface area contributed by atoms with Gasteiger partial charge in [0, 0.05) is 19.2 Å². The number of nitrogens with zero attached hydrogens (tertiary/aromatic N) is 2. The van der Waals surface area contributed by atoms with Crippen LogP contribution in [0.15, 0.2) is 36.5 Å². The lowest BCUT2D eigenvalue weighted by atomic mass is 9.82. The van der Waals surface area contributed by atoms with Crippen LogP contribution in [-0.4, -0.2) is 16.4 Å². The van der Waals surface area contributed by atoms with Crippen LogP contribution in [0.2, 0.25) is 0 Å². The number of hydrogen-bond donors (Lipinski definition) is 1.